The fourth-order valence-electron chi connectivity index (χ4n) is 3.67. The van der Waals surface area contributed by atoms with Crippen molar-refractivity contribution < 1.29 is 23.5 Å². The number of hydrogen-bond donors (Lipinski definition) is 0. The molecule has 1 amide bonds. The minimum absolute atomic E-state index is 0.101. The molecule has 1 aliphatic rings. The summed E-state index contributed by atoms with van der Waals surface area (Å²) in [4.78, 5) is 14.6. The van der Waals surface area contributed by atoms with Crippen molar-refractivity contribution in [2.24, 2.45) is 0 Å². The van der Waals surface area contributed by atoms with Crippen molar-refractivity contribution >= 4 is 12.0 Å². The van der Waals surface area contributed by atoms with Crippen molar-refractivity contribution in [2.75, 3.05) is 26.9 Å². The number of aromatic nitrogens is 1. The maximum atomic E-state index is 12.9. The van der Waals surface area contributed by atoms with E-state index in [0.29, 0.717) is 44.3 Å². The number of nitrogens with zero attached hydrogens (tertiary/aromatic N) is 3. The van der Waals surface area contributed by atoms with Gasteiger partial charge in [-0.1, -0.05) is 11.2 Å². The van der Waals surface area contributed by atoms with Crippen molar-refractivity contribution in [1.82, 2.24) is 10.1 Å². The van der Waals surface area contributed by atoms with Gasteiger partial charge in [0.25, 0.3) is 0 Å². The van der Waals surface area contributed by atoms with E-state index in [2.05, 4.69) is 11.2 Å². The molecule has 0 spiro atoms. The number of hydrogen-bond acceptors (Lipinski definition) is 7. The van der Waals surface area contributed by atoms with Gasteiger partial charge < -0.3 is 23.6 Å². The molecule has 1 aromatic carbocycles. The summed E-state index contributed by atoms with van der Waals surface area (Å²) >= 11 is 0. The molecule has 2 heterocycles. The molecule has 0 radical (unpaired) electrons. The number of benzene rings is 1. The minimum atomic E-state index is -0.107. The predicted molar refractivity (Wildman–Crippen MR) is 118 cm³/mol. The Bertz CT molecular complexity index is 967. The van der Waals surface area contributed by atoms with Gasteiger partial charge in [-0.15, -0.1) is 0 Å². The Balaban J connectivity index is 1.68. The summed E-state index contributed by atoms with van der Waals surface area (Å²) < 4.78 is 22.0. The fraction of sp³-hybridized carbons (Fsp3) is 0.458. The third-order valence-corrected chi connectivity index (χ3v) is 5.54. The van der Waals surface area contributed by atoms with Crippen LogP contribution >= 0.6 is 0 Å². The maximum Gasteiger partial charge on any atom is 0.246 e. The smallest absolute Gasteiger partial charge is 0.246 e. The fourth-order valence-corrected chi connectivity index (χ4v) is 3.67. The Morgan fingerprint density at radius 1 is 1.31 bits per heavy atom. The summed E-state index contributed by atoms with van der Waals surface area (Å²) in [6.07, 6.45) is 5.18. The molecule has 0 bridgehead atoms. The first kappa shape index (κ1) is 23.4. The Morgan fingerprint density at radius 2 is 2.09 bits per heavy atom. The quantitative estimate of drug-likeness (QED) is 0.548. The molecule has 0 aliphatic carbocycles. The lowest BCUT2D eigenvalue weighted by atomic mass is 10.1. The summed E-state index contributed by atoms with van der Waals surface area (Å²) in [7, 11) is 1.57. The molecule has 1 saturated heterocycles. The van der Waals surface area contributed by atoms with Gasteiger partial charge >= 0.3 is 0 Å². The van der Waals surface area contributed by atoms with Gasteiger partial charge in [-0.3, -0.25) is 4.79 Å². The van der Waals surface area contributed by atoms with E-state index in [9.17, 15) is 4.79 Å². The third-order valence-electron chi connectivity index (χ3n) is 5.54. The number of aryl methyl sites for hydroxylation is 2. The average Bonchev–Trinajstić information content (AvgIpc) is 3.14. The van der Waals surface area contributed by atoms with Crippen molar-refractivity contribution in [3.63, 3.8) is 0 Å². The molecule has 0 saturated carbocycles. The zero-order chi connectivity index (χ0) is 22.9. The van der Waals surface area contributed by atoms with E-state index < -0.39 is 0 Å². The van der Waals surface area contributed by atoms with Crippen LogP contribution in [0.5, 0.6) is 11.5 Å². The monoisotopic (exact) mass is 439 g/mol. The van der Waals surface area contributed by atoms with E-state index >= 15 is 0 Å². The molecular formula is C24H29N3O5. The molecular weight excluding hydrogens is 410 g/mol. The predicted octanol–water partition coefficient (Wildman–Crippen LogP) is 3.81. The maximum absolute atomic E-state index is 12.9. The van der Waals surface area contributed by atoms with Gasteiger partial charge in [-0.2, -0.15) is 5.26 Å². The van der Waals surface area contributed by atoms with Crippen molar-refractivity contribution in [2.45, 2.75) is 45.8 Å². The van der Waals surface area contributed by atoms with Crippen LogP contribution in [0.4, 0.5) is 0 Å². The minimum Gasteiger partial charge on any atom is -0.493 e. The van der Waals surface area contributed by atoms with Gasteiger partial charge in [0.1, 0.15) is 12.4 Å². The number of carbonyl (C=O) groups is 1. The van der Waals surface area contributed by atoms with Crippen molar-refractivity contribution in [3.8, 4) is 17.6 Å². The van der Waals surface area contributed by atoms with Crippen LogP contribution in [0.1, 0.15) is 41.8 Å². The Morgan fingerprint density at radius 3 is 2.75 bits per heavy atom. The number of amides is 1. The van der Waals surface area contributed by atoms with Crippen LogP contribution in [0.15, 0.2) is 28.8 Å². The molecule has 0 atom stereocenters. The summed E-state index contributed by atoms with van der Waals surface area (Å²) in [5.41, 5.74) is 2.52. The highest BCUT2D eigenvalue weighted by molar-refractivity contribution is 5.92. The lowest BCUT2D eigenvalue weighted by molar-refractivity contribution is -0.130. The standard InChI is InChI=1S/C24H29N3O5/c1-17-21(18(2)32-26-17)16-31-22-7-5-19(15-23(22)29-3)6-8-24(28)27(12-4-11-25)20-9-13-30-14-10-20/h5-8,15,20H,4,9-10,12-14,16H2,1-3H3/b8-6+. The Hall–Kier alpha value is -3.31. The zero-order valence-electron chi connectivity index (χ0n) is 18.8. The van der Waals surface area contributed by atoms with Crippen molar-refractivity contribution in [3.05, 3.63) is 46.9 Å². The molecule has 32 heavy (non-hydrogen) atoms. The second kappa shape index (κ2) is 11.3. The molecule has 1 aliphatic heterocycles. The van der Waals surface area contributed by atoms with Crippen LogP contribution in [0.2, 0.25) is 0 Å². The SMILES string of the molecule is COc1cc(/C=C/C(=O)N(CCC#N)C2CCOCC2)ccc1OCc1c(C)noc1C. The van der Waals surface area contributed by atoms with Gasteiger partial charge in [0.15, 0.2) is 11.5 Å². The molecule has 0 unspecified atom stereocenters. The molecule has 170 valence electrons. The van der Waals surface area contributed by atoms with Crippen molar-refractivity contribution in [1.29, 1.82) is 5.26 Å². The van der Waals surface area contributed by atoms with E-state index in [0.717, 1.165) is 35.4 Å². The second-order valence-corrected chi connectivity index (χ2v) is 7.62. The van der Waals surface area contributed by atoms with Crippen LogP contribution in [0.25, 0.3) is 6.08 Å². The average molecular weight is 440 g/mol. The van der Waals surface area contributed by atoms with E-state index in [4.69, 9.17) is 24.0 Å². The first-order valence-electron chi connectivity index (χ1n) is 10.7. The number of rotatable bonds is 9. The van der Waals surface area contributed by atoms with Gasteiger partial charge in [0, 0.05) is 31.9 Å². The molecule has 8 nitrogen and oxygen atoms in total. The molecule has 1 fully saturated rings. The molecule has 1 aromatic heterocycles. The highest BCUT2D eigenvalue weighted by Gasteiger charge is 2.24. The molecule has 3 rings (SSSR count). The highest BCUT2D eigenvalue weighted by Crippen LogP contribution is 2.30. The topological polar surface area (TPSA) is 97.8 Å². The number of carbonyl (C=O) groups excluding carboxylic acids is 1. The van der Waals surface area contributed by atoms with Gasteiger partial charge in [0.05, 0.1) is 30.9 Å². The lowest BCUT2D eigenvalue weighted by Gasteiger charge is -2.33. The van der Waals surface area contributed by atoms with Gasteiger partial charge in [-0.05, 0) is 50.5 Å². The van der Waals surface area contributed by atoms with Gasteiger partial charge in [-0.25, -0.2) is 0 Å². The highest BCUT2D eigenvalue weighted by atomic mass is 16.5. The second-order valence-electron chi connectivity index (χ2n) is 7.62. The van der Waals surface area contributed by atoms with E-state index in [1.165, 1.54) is 0 Å². The summed E-state index contributed by atoms with van der Waals surface area (Å²) in [6.45, 7) is 5.74. The number of nitriles is 1. The van der Waals surface area contributed by atoms with E-state index in [1.807, 2.05) is 32.0 Å². The van der Waals surface area contributed by atoms with Crippen LogP contribution in [-0.4, -0.2) is 48.9 Å². The normalized spacial score (nSPS) is 14.3. The summed E-state index contributed by atoms with van der Waals surface area (Å²) in [5, 5.41) is 12.9. The molecule has 0 N–H and O–H groups in total. The van der Waals surface area contributed by atoms with Gasteiger partial charge in [0.2, 0.25) is 5.91 Å². The van der Waals surface area contributed by atoms with Crippen LogP contribution in [0.3, 0.4) is 0 Å². The Kier molecular flexibility index (Phi) is 8.28. The Labute approximate surface area is 188 Å². The third kappa shape index (κ3) is 5.89. The van der Waals surface area contributed by atoms with Crippen LogP contribution in [0, 0.1) is 25.2 Å². The zero-order valence-corrected chi connectivity index (χ0v) is 18.8. The first-order chi connectivity index (χ1) is 15.5. The summed E-state index contributed by atoms with van der Waals surface area (Å²) in [6, 6.07) is 7.72. The van der Waals surface area contributed by atoms with E-state index in [1.54, 1.807) is 24.2 Å². The summed E-state index contributed by atoms with van der Waals surface area (Å²) in [5.74, 6) is 1.78. The lowest BCUT2D eigenvalue weighted by Crippen LogP contribution is -2.43. The molecule has 8 heteroatoms. The van der Waals surface area contributed by atoms with Crippen LogP contribution < -0.4 is 9.47 Å². The largest absolute Gasteiger partial charge is 0.493 e. The van der Waals surface area contributed by atoms with E-state index in [-0.39, 0.29) is 11.9 Å². The van der Waals surface area contributed by atoms with Crippen LogP contribution in [-0.2, 0) is 16.1 Å². The molecule has 2 aromatic rings. The number of methoxy groups -OCH3 is 1. The number of ether oxygens (including phenoxy) is 3. The first-order valence-corrected chi connectivity index (χ1v) is 10.7.